The fourth-order valence-corrected chi connectivity index (χ4v) is 0.972. The van der Waals surface area contributed by atoms with Gasteiger partial charge in [0.1, 0.15) is 12.0 Å². The molecule has 0 amide bonds. The zero-order chi connectivity index (χ0) is 9.26. The minimum absolute atomic E-state index is 0.203. The number of nitrogens with zero attached hydrogens (tertiary/aromatic N) is 2. The van der Waals surface area contributed by atoms with Crippen LogP contribution in [-0.2, 0) is 0 Å². The van der Waals surface area contributed by atoms with Gasteiger partial charge in [-0.05, 0) is 0 Å². The Hall–Kier alpha value is -1.91. The van der Waals surface area contributed by atoms with Crippen LogP contribution in [0.2, 0.25) is 0 Å². The molecule has 0 aliphatic carbocycles. The third-order valence-corrected chi connectivity index (χ3v) is 1.53. The summed E-state index contributed by atoms with van der Waals surface area (Å²) in [5.74, 6) is 0.964. The monoisotopic (exact) mass is 177 g/mol. The lowest BCUT2D eigenvalue weighted by Gasteiger charge is -1.91. The minimum atomic E-state index is -0.203. The fraction of sp³-hybridized carbons (Fsp3) is 0.125. The van der Waals surface area contributed by atoms with Gasteiger partial charge in [-0.2, -0.15) is 0 Å². The summed E-state index contributed by atoms with van der Waals surface area (Å²) < 4.78 is 4.99. The Kier molecular flexibility index (Phi) is 1.70. The number of rotatable bonds is 1. The number of hydrogen-bond donors (Lipinski definition) is 1. The maximum absolute atomic E-state index is 10.9. The van der Waals surface area contributed by atoms with Crippen LogP contribution >= 0.6 is 0 Å². The van der Waals surface area contributed by atoms with Crippen LogP contribution in [0, 0.1) is 6.92 Å². The van der Waals surface area contributed by atoms with Crippen molar-refractivity contribution in [3.8, 4) is 11.5 Å². The van der Waals surface area contributed by atoms with Gasteiger partial charge < -0.3 is 9.40 Å². The first kappa shape index (κ1) is 7.72. The molecule has 0 fully saturated rings. The number of oxazole rings is 1. The van der Waals surface area contributed by atoms with Crippen molar-refractivity contribution >= 4 is 0 Å². The average Bonchev–Trinajstić information content (AvgIpc) is 2.52. The second-order valence-corrected chi connectivity index (χ2v) is 2.53. The van der Waals surface area contributed by atoms with Crippen molar-refractivity contribution in [2.45, 2.75) is 6.92 Å². The Morgan fingerprint density at radius 3 is 3.00 bits per heavy atom. The van der Waals surface area contributed by atoms with E-state index in [1.807, 2.05) is 0 Å². The smallest absolute Gasteiger partial charge is 0.251 e. The summed E-state index contributed by atoms with van der Waals surface area (Å²) in [5, 5.41) is 0. The first-order valence-electron chi connectivity index (χ1n) is 3.73. The van der Waals surface area contributed by atoms with Crippen LogP contribution in [0.15, 0.2) is 27.7 Å². The van der Waals surface area contributed by atoms with Crippen LogP contribution in [-0.4, -0.2) is 15.0 Å². The molecular formula is C8H7N3O2. The summed E-state index contributed by atoms with van der Waals surface area (Å²) in [6, 6.07) is 1.34. The van der Waals surface area contributed by atoms with Gasteiger partial charge in [0.25, 0.3) is 5.56 Å². The van der Waals surface area contributed by atoms with E-state index in [9.17, 15) is 4.79 Å². The maximum atomic E-state index is 10.9. The molecule has 0 saturated carbocycles. The standard InChI is InChI=1S/C8H7N3O2/c1-5-10-6(4-13-5)8-9-3-2-7(12)11-8/h2-4H,1H3,(H,9,11,12). The predicted molar refractivity (Wildman–Crippen MR) is 45.1 cm³/mol. The average molecular weight is 177 g/mol. The molecule has 2 aromatic rings. The number of nitrogens with one attached hydrogen (secondary N) is 1. The van der Waals surface area contributed by atoms with E-state index in [0.717, 1.165) is 0 Å². The molecule has 2 aromatic heterocycles. The highest BCUT2D eigenvalue weighted by Gasteiger charge is 2.04. The molecule has 0 aliphatic rings. The van der Waals surface area contributed by atoms with Crippen molar-refractivity contribution in [2.75, 3.05) is 0 Å². The molecule has 0 atom stereocenters. The summed E-state index contributed by atoms with van der Waals surface area (Å²) in [5.41, 5.74) is 0.334. The molecule has 2 heterocycles. The maximum Gasteiger partial charge on any atom is 0.251 e. The Labute approximate surface area is 73.5 Å². The first-order chi connectivity index (χ1) is 6.25. The van der Waals surface area contributed by atoms with Crippen molar-refractivity contribution in [1.82, 2.24) is 15.0 Å². The number of hydrogen-bond acceptors (Lipinski definition) is 4. The summed E-state index contributed by atoms with van der Waals surface area (Å²) in [4.78, 5) is 21.4. The summed E-state index contributed by atoms with van der Waals surface area (Å²) in [7, 11) is 0. The molecule has 0 spiro atoms. The molecule has 0 bridgehead atoms. The van der Waals surface area contributed by atoms with Gasteiger partial charge in [-0.15, -0.1) is 0 Å². The number of aromatic nitrogens is 3. The van der Waals surface area contributed by atoms with Gasteiger partial charge in [-0.1, -0.05) is 0 Å². The van der Waals surface area contributed by atoms with E-state index in [0.29, 0.717) is 17.4 Å². The lowest BCUT2D eigenvalue weighted by Crippen LogP contribution is -2.05. The SMILES string of the molecule is Cc1nc(-c2nccc(=O)[nH]2)co1. The first-order valence-corrected chi connectivity index (χ1v) is 3.73. The lowest BCUT2D eigenvalue weighted by atomic mass is 10.4. The van der Waals surface area contributed by atoms with Crippen molar-refractivity contribution in [2.24, 2.45) is 0 Å². The van der Waals surface area contributed by atoms with E-state index < -0.39 is 0 Å². The Morgan fingerprint density at radius 2 is 2.38 bits per heavy atom. The van der Waals surface area contributed by atoms with Gasteiger partial charge in [0.05, 0.1) is 0 Å². The van der Waals surface area contributed by atoms with Crippen molar-refractivity contribution < 1.29 is 4.42 Å². The molecule has 0 radical (unpaired) electrons. The number of H-pyrrole nitrogens is 1. The summed E-state index contributed by atoms with van der Waals surface area (Å²) in [6.45, 7) is 1.73. The second-order valence-electron chi connectivity index (χ2n) is 2.53. The largest absolute Gasteiger partial charge is 0.449 e. The quantitative estimate of drug-likeness (QED) is 0.697. The van der Waals surface area contributed by atoms with Crippen LogP contribution in [0.5, 0.6) is 0 Å². The Balaban J connectivity index is 2.52. The van der Waals surface area contributed by atoms with Crippen LogP contribution in [0.1, 0.15) is 5.89 Å². The molecule has 0 aliphatic heterocycles. The summed E-state index contributed by atoms with van der Waals surface area (Å²) in [6.07, 6.45) is 2.88. The molecule has 0 saturated heterocycles. The number of aryl methyl sites for hydroxylation is 1. The van der Waals surface area contributed by atoms with Gasteiger partial charge in [0, 0.05) is 19.2 Å². The molecule has 2 rings (SSSR count). The van der Waals surface area contributed by atoms with E-state index in [1.165, 1.54) is 18.5 Å². The van der Waals surface area contributed by atoms with Crippen LogP contribution in [0.3, 0.4) is 0 Å². The second kappa shape index (κ2) is 2.85. The normalized spacial score (nSPS) is 10.2. The van der Waals surface area contributed by atoms with E-state index in [2.05, 4.69) is 15.0 Å². The molecule has 0 aromatic carbocycles. The van der Waals surface area contributed by atoms with Crippen LogP contribution in [0.25, 0.3) is 11.5 Å². The third-order valence-electron chi connectivity index (χ3n) is 1.53. The van der Waals surface area contributed by atoms with Gasteiger partial charge in [-0.3, -0.25) is 4.79 Å². The zero-order valence-corrected chi connectivity index (χ0v) is 6.94. The molecule has 13 heavy (non-hydrogen) atoms. The zero-order valence-electron chi connectivity index (χ0n) is 6.94. The van der Waals surface area contributed by atoms with E-state index in [-0.39, 0.29) is 5.56 Å². The van der Waals surface area contributed by atoms with Crippen LogP contribution in [0.4, 0.5) is 0 Å². The van der Waals surface area contributed by atoms with E-state index in [1.54, 1.807) is 6.92 Å². The Bertz CT molecular complexity index is 472. The fourth-order valence-electron chi connectivity index (χ4n) is 0.972. The highest BCUT2D eigenvalue weighted by atomic mass is 16.3. The predicted octanol–water partition coefficient (Wildman–Crippen LogP) is 0.733. The molecule has 66 valence electrons. The third kappa shape index (κ3) is 1.48. The Morgan fingerprint density at radius 1 is 1.54 bits per heavy atom. The van der Waals surface area contributed by atoms with Crippen molar-refractivity contribution in [1.29, 1.82) is 0 Å². The number of aromatic amines is 1. The van der Waals surface area contributed by atoms with Crippen molar-refractivity contribution in [3.05, 3.63) is 34.8 Å². The van der Waals surface area contributed by atoms with Gasteiger partial charge >= 0.3 is 0 Å². The van der Waals surface area contributed by atoms with Crippen LogP contribution < -0.4 is 5.56 Å². The molecular weight excluding hydrogens is 170 g/mol. The molecule has 5 heteroatoms. The van der Waals surface area contributed by atoms with Gasteiger partial charge in [0.15, 0.2) is 11.7 Å². The van der Waals surface area contributed by atoms with Gasteiger partial charge in [0.2, 0.25) is 0 Å². The molecule has 1 N–H and O–H groups in total. The summed E-state index contributed by atoms with van der Waals surface area (Å²) >= 11 is 0. The van der Waals surface area contributed by atoms with Gasteiger partial charge in [-0.25, -0.2) is 9.97 Å². The molecule has 5 nitrogen and oxygen atoms in total. The van der Waals surface area contributed by atoms with Crippen molar-refractivity contribution in [3.63, 3.8) is 0 Å². The van der Waals surface area contributed by atoms with E-state index in [4.69, 9.17) is 4.42 Å². The molecule has 0 unspecified atom stereocenters. The van der Waals surface area contributed by atoms with E-state index >= 15 is 0 Å². The topological polar surface area (TPSA) is 71.8 Å². The lowest BCUT2D eigenvalue weighted by molar-refractivity contribution is 0.521. The highest BCUT2D eigenvalue weighted by molar-refractivity contribution is 5.45. The minimum Gasteiger partial charge on any atom is -0.449 e. The highest BCUT2D eigenvalue weighted by Crippen LogP contribution is 2.10.